The highest BCUT2D eigenvalue weighted by molar-refractivity contribution is 5.86. The summed E-state index contributed by atoms with van der Waals surface area (Å²) in [5.74, 6) is 0.298. The van der Waals surface area contributed by atoms with Crippen molar-refractivity contribution in [2.45, 2.75) is 31.2 Å². The molecule has 0 bridgehead atoms. The van der Waals surface area contributed by atoms with Crippen molar-refractivity contribution in [2.75, 3.05) is 7.11 Å². The Hall–Kier alpha value is -3.02. The lowest BCUT2D eigenvalue weighted by Crippen LogP contribution is -2.22. The zero-order valence-electron chi connectivity index (χ0n) is 14.4. The van der Waals surface area contributed by atoms with Gasteiger partial charge in [-0.15, -0.1) is 0 Å². The number of hydrogen-bond acceptors (Lipinski definition) is 6. The van der Waals surface area contributed by atoms with Crippen molar-refractivity contribution in [3.05, 3.63) is 71.9 Å². The molecule has 1 aromatic carbocycles. The van der Waals surface area contributed by atoms with Gasteiger partial charge in [-0.2, -0.15) is 0 Å². The Morgan fingerprint density at radius 3 is 2.62 bits per heavy atom. The van der Waals surface area contributed by atoms with Gasteiger partial charge in [-0.05, 0) is 30.0 Å². The lowest BCUT2D eigenvalue weighted by Gasteiger charge is -2.18. The molecule has 1 aliphatic carbocycles. The van der Waals surface area contributed by atoms with E-state index >= 15 is 0 Å². The van der Waals surface area contributed by atoms with Gasteiger partial charge in [-0.3, -0.25) is 4.79 Å². The number of esters is 1. The number of nitrogens with zero attached hydrogens (tertiary/aromatic N) is 1. The molecule has 0 spiro atoms. The van der Waals surface area contributed by atoms with E-state index in [0.29, 0.717) is 18.1 Å². The highest BCUT2D eigenvalue weighted by Gasteiger charge is 2.53. The summed E-state index contributed by atoms with van der Waals surface area (Å²) in [6.45, 7) is 0.379. The van der Waals surface area contributed by atoms with Crippen molar-refractivity contribution in [3.63, 3.8) is 0 Å². The number of methoxy groups -OCH3 is 1. The van der Waals surface area contributed by atoms with Crippen molar-refractivity contribution in [1.82, 2.24) is 4.98 Å². The summed E-state index contributed by atoms with van der Waals surface area (Å²) in [7, 11) is 1.41. The van der Waals surface area contributed by atoms with Crippen molar-refractivity contribution in [2.24, 2.45) is 0 Å². The molecule has 2 heterocycles. The zero-order chi connectivity index (χ0) is 18.0. The van der Waals surface area contributed by atoms with Gasteiger partial charge in [0.15, 0.2) is 5.69 Å². The summed E-state index contributed by atoms with van der Waals surface area (Å²) in [6.07, 6.45) is 5.46. The van der Waals surface area contributed by atoms with Crippen molar-refractivity contribution < 1.29 is 23.7 Å². The maximum absolute atomic E-state index is 12.2. The molecule has 0 unspecified atom stereocenters. The molecule has 4 rings (SSSR count). The zero-order valence-corrected chi connectivity index (χ0v) is 14.4. The first kappa shape index (κ1) is 16.4. The fourth-order valence-corrected chi connectivity index (χ4v) is 3.04. The van der Waals surface area contributed by atoms with E-state index in [1.807, 2.05) is 36.4 Å². The van der Waals surface area contributed by atoms with E-state index in [0.717, 1.165) is 24.0 Å². The minimum atomic E-state index is -0.650. The molecule has 0 N–H and O–H groups in total. The van der Waals surface area contributed by atoms with Gasteiger partial charge in [0.1, 0.15) is 24.9 Å². The molecule has 2 aromatic rings. The van der Waals surface area contributed by atoms with Crippen LogP contribution in [-0.2, 0) is 31.0 Å². The SMILES string of the molecule is COC(=O)C1(c2cnc(C3OC=CO3)c(OCc3ccccc3)c2)CC1. The van der Waals surface area contributed by atoms with Gasteiger partial charge in [-0.1, -0.05) is 30.3 Å². The molecule has 1 aliphatic heterocycles. The van der Waals surface area contributed by atoms with Crippen LogP contribution in [0.2, 0.25) is 0 Å². The fourth-order valence-electron chi connectivity index (χ4n) is 3.04. The lowest BCUT2D eigenvalue weighted by molar-refractivity contribution is -0.143. The normalized spacial score (nSPS) is 17.3. The number of carbonyl (C=O) groups is 1. The van der Waals surface area contributed by atoms with E-state index in [1.54, 1.807) is 6.20 Å². The molecule has 0 atom stereocenters. The van der Waals surface area contributed by atoms with Crippen molar-refractivity contribution in [3.8, 4) is 5.75 Å². The third-order valence-electron chi connectivity index (χ3n) is 4.68. The summed E-state index contributed by atoms with van der Waals surface area (Å²) >= 11 is 0. The maximum Gasteiger partial charge on any atom is 0.316 e. The van der Waals surface area contributed by atoms with Gasteiger partial charge in [0.25, 0.3) is 6.29 Å². The van der Waals surface area contributed by atoms with E-state index < -0.39 is 11.7 Å². The predicted octanol–water partition coefficient (Wildman–Crippen LogP) is 3.38. The number of benzene rings is 1. The Morgan fingerprint density at radius 2 is 1.96 bits per heavy atom. The Balaban J connectivity index is 1.63. The van der Waals surface area contributed by atoms with Crippen LogP contribution in [-0.4, -0.2) is 18.1 Å². The van der Waals surface area contributed by atoms with E-state index in [4.69, 9.17) is 18.9 Å². The van der Waals surface area contributed by atoms with Crippen LogP contribution in [0.3, 0.4) is 0 Å². The van der Waals surface area contributed by atoms with Crippen LogP contribution in [0.15, 0.2) is 55.1 Å². The number of carbonyl (C=O) groups excluding carboxylic acids is 1. The minimum Gasteiger partial charge on any atom is -0.487 e. The average molecular weight is 353 g/mol. The Kier molecular flexibility index (Phi) is 4.24. The maximum atomic E-state index is 12.2. The lowest BCUT2D eigenvalue weighted by atomic mass is 9.97. The molecule has 1 saturated carbocycles. The topological polar surface area (TPSA) is 66.9 Å². The molecule has 6 heteroatoms. The molecule has 134 valence electrons. The first-order valence-electron chi connectivity index (χ1n) is 8.44. The molecule has 2 aliphatic rings. The van der Waals surface area contributed by atoms with Crippen molar-refractivity contribution in [1.29, 1.82) is 0 Å². The molecule has 1 aromatic heterocycles. The van der Waals surface area contributed by atoms with Gasteiger partial charge in [0.05, 0.1) is 12.5 Å². The van der Waals surface area contributed by atoms with E-state index in [9.17, 15) is 4.79 Å². The van der Waals surface area contributed by atoms with Gasteiger partial charge >= 0.3 is 5.97 Å². The smallest absolute Gasteiger partial charge is 0.316 e. The van der Waals surface area contributed by atoms with Crippen molar-refractivity contribution >= 4 is 5.97 Å². The molecule has 6 nitrogen and oxygen atoms in total. The molecule has 0 saturated heterocycles. The number of aromatic nitrogens is 1. The second kappa shape index (κ2) is 6.71. The number of hydrogen-bond donors (Lipinski definition) is 0. The Bertz CT molecular complexity index is 821. The van der Waals surface area contributed by atoms with Crippen LogP contribution in [0.1, 0.15) is 36.0 Å². The molecular weight excluding hydrogens is 334 g/mol. The number of pyridine rings is 1. The second-order valence-electron chi connectivity index (χ2n) is 6.33. The third kappa shape index (κ3) is 2.98. The van der Waals surface area contributed by atoms with E-state index in [-0.39, 0.29) is 5.97 Å². The minimum absolute atomic E-state index is 0.240. The molecule has 0 radical (unpaired) electrons. The van der Waals surface area contributed by atoms with Gasteiger partial charge < -0.3 is 18.9 Å². The summed E-state index contributed by atoms with van der Waals surface area (Å²) in [5.41, 5.74) is 1.75. The van der Waals surface area contributed by atoms with E-state index in [1.165, 1.54) is 19.6 Å². The molecular formula is C20H19NO5. The molecule has 0 amide bonds. The van der Waals surface area contributed by atoms with Gasteiger partial charge in [0.2, 0.25) is 0 Å². The van der Waals surface area contributed by atoms with Crippen LogP contribution in [0.5, 0.6) is 5.75 Å². The van der Waals surface area contributed by atoms with Crippen LogP contribution >= 0.6 is 0 Å². The van der Waals surface area contributed by atoms with Crippen LogP contribution < -0.4 is 4.74 Å². The first-order chi connectivity index (χ1) is 12.7. The molecule has 1 fully saturated rings. The molecule has 26 heavy (non-hydrogen) atoms. The second-order valence-corrected chi connectivity index (χ2v) is 6.33. The predicted molar refractivity (Wildman–Crippen MR) is 92.0 cm³/mol. The Morgan fingerprint density at radius 1 is 1.23 bits per heavy atom. The van der Waals surface area contributed by atoms with Gasteiger partial charge in [0, 0.05) is 6.20 Å². The third-order valence-corrected chi connectivity index (χ3v) is 4.68. The highest BCUT2D eigenvalue weighted by atomic mass is 16.7. The van der Waals surface area contributed by atoms with Crippen LogP contribution in [0, 0.1) is 0 Å². The fraction of sp³-hybridized carbons (Fsp3) is 0.300. The first-order valence-corrected chi connectivity index (χ1v) is 8.44. The summed E-state index contributed by atoms with van der Waals surface area (Å²) in [6, 6.07) is 11.7. The summed E-state index contributed by atoms with van der Waals surface area (Å²) in [5, 5.41) is 0. The average Bonchev–Trinajstić information content (AvgIpc) is 3.33. The van der Waals surface area contributed by atoms with E-state index in [2.05, 4.69) is 4.98 Å². The Labute approximate surface area is 151 Å². The number of ether oxygens (including phenoxy) is 4. The monoisotopic (exact) mass is 353 g/mol. The largest absolute Gasteiger partial charge is 0.487 e. The van der Waals surface area contributed by atoms with Gasteiger partial charge in [-0.25, -0.2) is 4.98 Å². The number of rotatable bonds is 6. The summed E-state index contributed by atoms with van der Waals surface area (Å²) in [4.78, 5) is 16.7. The van der Waals surface area contributed by atoms with Crippen LogP contribution in [0.25, 0.3) is 0 Å². The summed E-state index contributed by atoms with van der Waals surface area (Å²) < 4.78 is 21.8. The van der Waals surface area contributed by atoms with Crippen LogP contribution in [0.4, 0.5) is 0 Å². The quantitative estimate of drug-likeness (QED) is 0.742. The highest BCUT2D eigenvalue weighted by Crippen LogP contribution is 2.50. The standard InChI is InChI=1S/C20H19NO5/c1-23-19(22)20(7-8-20)15-11-16(26-13-14-5-3-2-4-6-14)17(21-12-15)18-24-9-10-25-18/h2-6,9-12,18H,7-8,13H2,1H3.